The molecular formula is C10H16N4O3S. The number of aromatic nitrogens is 3. The number of carbonyl (C=O) groups excluding carboxylic acids is 2. The second-order valence-corrected chi connectivity index (χ2v) is 5.16. The largest absolute Gasteiger partial charge is 0.453 e. The maximum atomic E-state index is 11.6. The number of hydrogen-bond donors (Lipinski definition) is 1. The van der Waals surface area contributed by atoms with Crippen LogP contribution in [0.4, 0.5) is 4.79 Å². The zero-order chi connectivity index (χ0) is 13.7. The maximum absolute atomic E-state index is 11.6. The molecule has 0 spiro atoms. The number of thioether (sulfide) groups is 1. The molecule has 0 aromatic carbocycles. The molecule has 0 radical (unpaired) electrons. The molecule has 0 saturated carbocycles. The molecule has 1 aromatic rings. The van der Waals surface area contributed by atoms with Crippen molar-refractivity contribution in [3.63, 3.8) is 0 Å². The van der Waals surface area contributed by atoms with Crippen LogP contribution >= 0.6 is 11.8 Å². The Hall–Kier alpha value is -1.57. The molecule has 0 aliphatic heterocycles. The summed E-state index contributed by atoms with van der Waals surface area (Å²) in [7, 11) is 1.20. The lowest BCUT2D eigenvalue weighted by atomic mass is 10.4. The first-order valence-electron chi connectivity index (χ1n) is 5.40. The quantitative estimate of drug-likeness (QED) is 0.829. The van der Waals surface area contributed by atoms with Gasteiger partial charge in [-0.05, 0) is 20.8 Å². The van der Waals surface area contributed by atoms with E-state index < -0.39 is 17.3 Å². The van der Waals surface area contributed by atoms with Gasteiger partial charge in [-0.15, -0.1) is 10.2 Å². The Bertz CT molecular complexity index is 433. The minimum atomic E-state index is -0.766. The topological polar surface area (TPSA) is 86.1 Å². The number of rotatable bonds is 4. The van der Waals surface area contributed by atoms with E-state index in [2.05, 4.69) is 20.3 Å². The highest BCUT2D eigenvalue weighted by Gasteiger charge is 2.20. The zero-order valence-corrected chi connectivity index (χ0v) is 11.5. The van der Waals surface area contributed by atoms with Gasteiger partial charge in [0.25, 0.3) is 0 Å². The van der Waals surface area contributed by atoms with Crippen molar-refractivity contribution in [3.8, 4) is 0 Å². The Kier molecular flexibility index (Phi) is 5.14. The van der Waals surface area contributed by atoms with Crippen LogP contribution in [0.15, 0.2) is 11.5 Å². The fraction of sp³-hybridized carbons (Fsp3) is 0.600. The van der Waals surface area contributed by atoms with Crippen molar-refractivity contribution < 1.29 is 14.3 Å². The Balaban J connectivity index is 2.64. The van der Waals surface area contributed by atoms with Gasteiger partial charge in [0, 0.05) is 6.04 Å². The minimum Gasteiger partial charge on any atom is -0.453 e. The highest BCUT2D eigenvalue weighted by Crippen LogP contribution is 2.23. The van der Waals surface area contributed by atoms with Crippen LogP contribution < -0.4 is 5.32 Å². The molecule has 8 heteroatoms. The third kappa shape index (κ3) is 3.73. The molecule has 0 unspecified atom stereocenters. The summed E-state index contributed by atoms with van der Waals surface area (Å²) in [5.41, 5.74) is 0. The van der Waals surface area contributed by atoms with E-state index in [0.717, 1.165) is 0 Å². The monoisotopic (exact) mass is 272 g/mol. The van der Waals surface area contributed by atoms with Gasteiger partial charge in [-0.1, -0.05) is 11.8 Å². The molecule has 0 aliphatic carbocycles. The normalized spacial score (nSPS) is 12.3. The molecule has 1 heterocycles. The van der Waals surface area contributed by atoms with E-state index in [-0.39, 0.29) is 6.04 Å². The Morgan fingerprint density at radius 1 is 1.44 bits per heavy atom. The van der Waals surface area contributed by atoms with Gasteiger partial charge in [0.1, 0.15) is 6.33 Å². The fourth-order valence-electron chi connectivity index (χ4n) is 1.14. The third-order valence-electron chi connectivity index (χ3n) is 2.16. The molecule has 7 nitrogen and oxygen atoms in total. The lowest BCUT2D eigenvalue weighted by molar-refractivity contribution is -0.119. The van der Waals surface area contributed by atoms with Gasteiger partial charge >= 0.3 is 6.09 Å². The molecule has 100 valence electrons. The molecule has 2 amide bonds. The molecule has 0 aliphatic rings. The van der Waals surface area contributed by atoms with Crippen LogP contribution in [-0.4, -0.2) is 39.1 Å². The number of imide groups is 1. The number of amides is 2. The van der Waals surface area contributed by atoms with Crippen LogP contribution in [0, 0.1) is 0 Å². The zero-order valence-electron chi connectivity index (χ0n) is 10.7. The second kappa shape index (κ2) is 6.39. The van der Waals surface area contributed by atoms with Crippen molar-refractivity contribution in [3.05, 3.63) is 6.33 Å². The molecule has 18 heavy (non-hydrogen) atoms. The Morgan fingerprint density at radius 2 is 2.11 bits per heavy atom. The summed E-state index contributed by atoms with van der Waals surface area (Å²) < 4.78 is 6.21. The van der Waals surface area contributed by atoms with E-state index >= 15 is 0 Å². The summed E-state index contributed by atoms with van der Waals surface area (Å²) in [5.74, 6) is -0.426. The first kappa shape index (κ1) is 14.5. The number of hydrogen-bond acceptors (Lipinski definition) is 6. The highest BCUT2D eigenvalue weighted by atomic mass is 32.2. The predicted octanol–water partition coefficient (Wildman–Crippen LogP) is 1.22. The summed E-state index contributed by atoms with van der Waals surface area (Å²) in [6, 6.07) is 0.207. The fourth-order valence-corrected chi connectivity index (χ4v) is 2.09. The van der Waals surface area contributed by atoms with Crippen molar-refractivity contribution in [2.75, 3.05) is 7.11 Å². The summed E-state index contributed by atoms with van der Waals surface area (Å²) in [6.07, 6.45) is 0.843. The minimum absolute atomic E-state index is 0.207. The number of nitrogens with zero attached hydrogens (tertiary/aromatic N) is 3. The van der Waals surface area contributed by atoms with Crippen LogP contribution in [0.25, 0.3) is 0 Å². The van der Waals surface area contributed by atoms with E-state index in [1.165, 1.54) is 18.9 Å². The SMILES string of the molecule is COC(=O)NC(=O)[C@H](C)Sc1nncn1C(C)C. The van der Waals surface area contributed by atoms with Gasteiger partial charge in [0.15, 0.2) is 5.16 Å². The van der Waals surface area contributed by atoms with E-state index in [1.54, 1.807) is 13.3 Å². The molecule has 1 aromatic heterocycles. The molecule has 1 rings (SSSR count). The van der Waals surface area contributed by atoms with Gasteiger partial charge in [0.05, 0.1) is 12.4 Å². The Labute approximate surface area is 109 Å². The van der Waals surface area contributed by atoms with Gasteiger partial charge < -0.3 is 9.30 Å². The smallest absolute Gasteiger partial charge is 0.413 e. The standard InChI is InChI=1S/C10H16N4O3S/c1-6(2)14-5-11-13-9(14)18-7(3)8(15)12-10(16)17-4/h5-7H,1-4H3,(H,12,15,16)/t7-/m0/s1. The lowest BCUT2D eigenvalue weighted by Gasteiger charge is -2.13. The van der Waals surface area contributed by atoms with Crippen LogP contribution in [-0.2, 0) is 9.53 Å². The first-order valence-corrected chi connectivity index (χ1v) is 6.28. The van der Waals surface area contributed by atoms with Crippen LogP contribution in [0.5, 0.6) is 0 Å². The molecule has 0 saturated heterocycles. The van der Waals surface area contributed by atoms with Gasteiger partial charge in [-0.3, -0.25) is 10.1 Å². The second-order valence-electron chi connectivity index (χ2n) is 3.86. The number of ether oxygens (including phenoxy) is 1. The van der Waals surface area contributed by atoms with E-state index in [0.29, 0.717) is 5.16 Å². The number of methoxy groups -OCH3 is 1. The average molecular weight is 272 g/mol. The van der Waals surface area contributed by atoms with Crippen molar-refractivity contribution in [2.24, 2.45) is 0 Å². The molecular weight excluding hydrogens is 256 g/mol. The maximum Gasteiger partial charge on any atom is 0.413 e. The number of alkyl carbamates (subject to hydrolysis) is 1. The van der Waals surface area contributed by atoms with Gasteiger partial charge in [0.2, 0.25) is 5.91 Å². The van der Waals surface area contributed by atoms with Gasteiger partial charge in [-0.25, -0.2) is 4.79 Å². The first-order chi connectivity index (χ1) is 8.45. The molecule has 1 N–H and O–H groups in total. The summed E-state index contributed by atoms with van der Waals surface area (Å²) >= 11 is 1.24. The van der Waals surface area contributed by atoms with Crippen molar-refractivity contribution in [1.82, 2.24) is 20.1 Å². The molecule has 1 atom stereocenters. The highest BCUT2D eigenvalue weighted by molar-refractivity contribution is 8.00. The molecule has 0 bridgehead atoms. The van der Waals surface area contributed by atoms with Gasteiger partial charge in [-0.2, -0.15) is 0 Å². The Morgan fingerprint density at radius 3 is 2.67 bits per heavy atom. The van der Waals surface area contributed by atoms with Crippen molar-refractivity contribution >= 4 is 23.8 Å². The van der Waals surface area contributed by atoms with Crippen LogP contribution in [0.3, 0.4) is 0 Å². The van der Waals surface area contributed by atoms with E-state index in [9.17, 15) is 9.59 Å². The average Bonchev–Trinajstić information content (AvgIpc) is 2.76. The lowest BCUT2D eigenvalue weighted by Crippen LogP contribution is -2.36. The van der Waals surface area contributed by atoms with E-state index in [4.69, 9.17) is 0 Å². The molecule has 0 fully saturated rings. The summed E-state index contributed by atoms with van der Waals surface area (Å²) in [5, 5.41) is 10.0. The number of nitrogens with one attached hydrogen (secondary N) is 1. The number of carbonyl (C=O) groups is 2. The van der Waals surface area contributed by atoms with E-state index in [1.807, 2.05) is 18.4 Å². The predicted molar refractivity (Wildman–Crippen MR) is 66.3 cm³/mol. The summed E-state index contributed by atoms with van der Waals surface area (Å²) in [4.78, 5) is 22.5. The van der Waals surface area contributed by atoms with Crippen molar-refractivity contribution in [1.29, 1.82) is 0 Å². The third-order valence-corrected chi connectivity index (χ3v) is 3.23. The van der Waals surface area contributed by atoms with Crippen LogP contribution in [0.2, 0.25) is 0 Å². The van der Waals surface area contributed by atoms with Crippen molar-refractivity contribution in [2.45, 2.75) is 37.2 Å². The van der Waals surface area contributed by atoms with Crippen LogP contribution in [0.1, 0.15) is 26.8 Å². The summed E-state index contributed by atoms with van der Waals surface area (Å²) in [6.45, 7) is 5.67.